The summed E-state index contributed by atoms with van der Waals surface area (Å²) in [6.45, 7) is 1.31. The highest BCUT2D eigenvalue weighted by molar-refractivity contribution is 6.05. The van der Waals surface area contributed by atoms with Crippen molar-refractivity contribution >= 4 is 11.8 Å². The molecule has 1 aromatic carbocycles. The fraction of sp³-hybridized carbons (Fsp3) is 0.500. The van der Waals surface area contributed by atoms with E-state index in [1.807, 2.05) is 30.3 Å². The molecule has 1 aliphatic carbocycles. The van der Waals surface area contributed by atoms with Crippen LogP contribution in [0.4, 0.5) is 0 Å². The number of imide groups is 1. The Balaban J connectivity index is 1.63. The van der Waals surface area contributed by atoms with Crippen LogP contribution in [0.25, 0.3) is 0 Å². The van der Waals surface area contributed by atoms with E-state index in [2.05, 4.69) is 5.32 Å². The first-order chi connectivity index (χ1) is 9.75. The average Bonchev–Trinajstić information content (AvgIpc) is 2.77. The Hall–Kier alpha value is -1.68. The van der Waals surface area contributed by atoms with Crippen LogP contribution in [-0.4, -0.2) is 29.3 Å². The lowest BCUT2D eigenvalue weighted by Crippen LogP contribution is -2.56. The number of benzene rings is 1. The normalized spacial score (nSPS) is 35.5. The van der Waals surface area contributed by atoms with Gasteiger partial charge in [0.25, 0.3) is 0 Å². The Labute approximate surface area is 118 Å². The standard InChI is InChI=1S/C16H18N2O2/c19-15-13-11-6-7-12(17-8-11)14(13)16(20)18(15)9-10-4-2-1-3-5-10/h1-5,11-14,17H,6-9H2/t11-,12+,13+,14+/m0/s1. The van der Waals surface area contributed by atoms with E-state index in [4.69, 9.17) is 0 Å². The van der Waals surface area contributed by atoms with Gasteiger partial charge >= 0.3 is 0 Å². The van der Waals surface area contributed by atoms with Gasteiger partial charge in [0.1, 0.15) is 0 Å². The molecular weight excluding hydrogens is 252 g/mol. The van der Waals surface area contributed by atoms with Crippen molar-refractivity contribution in [1.82, 2.24) is 10.2 Å². The molecule has 0 unspecified atom stereocenters. The van der Waals surface area contributed by atoms with E-state index in [9.17, 15) is 9.59 Å². The Morgan fingerprint density at radius 1 is 1.05 bits per heavy atom. The van der Waals surface area contributed by atoms with E-state index in [1.165, 1.54) is 4.90 Å². The molecule has 4 atom stereocenters. The van der Waals surface area contributed by atoms with Gasteiger partial charge in [-0.25, -0.2) is 0 Å². The monoisotopic (exact) mass is 270 g/mol. The molecule has 0 spiro atoms. The Morgan fingerprint density at radius 2 is 1.80 bits per heavy atom. The van der Waals surface area contributed by atoms with E-state index >= 15 is 0 Å². The number of hydrogen-bond acceptors (Lipinski definition) is 3. The number of likely N-dealkylation sites (tertiary alicyclic amines) is 1. The molecule has 4 nitrogen and oxygen atoms in total. The van der Waals surface area contributed by atoms with E-state index in [1.54, 1.807) is 0 Å². The number of piperidine rings is 2. The van der Waals surface area contributed by atoms with Crippen molar-refractivity contribution in [3.8, 4) is 0 Å². The first-order valence-electron chi connectivity index (χ1n) is 7.38. The number of rotatable bonds is 2. The maximum absolute atomic E-state index is 12.6. The van der Waals surface area contributed by atoms with Crippen LogP contribution in [0.1, 0.15) is 18.4 Å². The SMILES string of the molecule is O=C1[C@@H]2[C@H]3CC[C@@H](NC3)[C@H]2C(=O)N1Cc1ccccc1. The number of carbonyl (C=O) groups is 2. The molecule has 0 radical (unpaired) electrons. The molecule has 4 fully saturated rings. The van der Waals surface area contributed by atoms with Crippen LogP contribution in [0.3, 0.4) is 0 Å². The molecule has 5 rings (SSSR count). The average molecular weight is 270 g/mol. The van der Waals surface area contributed by atoms with Gasteiger partial charge in [-0.05, 0) is 30.9 Å². The number of fused-ring (bicyclic) bond motifs is 2. The largest absolute Gasteiger partial charge is 0.313 e. The minimum atomic E-state index is -0.112. The molecular formula is C16H18N2O2. The second-order valence-electron chi connectivity index (χ2n) is 6.15. The van der Waals surface area contributed by atoms with Crippen LogP contribution in [0, 0.1) is 17.8 Å². The van der Waals surface area contributed by atoms with Gasteiger partial charge in [0.2, 0.25) is 11.8 Å². The quantitative estimate of drug-likeness (QED) is 0.821. The van der Waals surface area contributed by atoms with E-state index in [0.717, 1.165) is 24.9 Å². The van der Waals surface area contributed by atoms with Gasteiger partial charge in [-0.2, -0.15) is 0 Å². The lowest BCUT2D eigenvalue weighted by Gasteiger charge is -2.43. The van der Waals surface area contributed by atoms with Crippen molar-refractivity contribution in [2.45, 2.75) is 25.4 Å². The van der Waals surface area contributed by atoms with Crippen LogP contribution in [0.2, 0.25) is 0 Å². The molecule has 104 valence electrons. The predicted octanol–water partition coefficient (Wildman–Crippen LogP) is 1.17. The van der Waals surface area contributed by atoms with Gasteiger partial charge in [0, 0.05) is 6.04 Å². The molecule has 4 aliphatic rings. The van der Waals surface area contributed by atoms with Crippen molar-refractivity contribution in [2.75, 3.05) is 6.54 Å². The minimum absolute atomic E-state index is 0.0331. The van der Waals surface area contributed by atoms with Crippen molar-refractivity contribution < 1.29 is 9.59 Å². The first-order valence-corrected chi connectivity index (χ1v) is 7.38. The lowest BCUT2D eigenvalue weighted by atomic mass is 9.67. The maximum Gasteiger partial charge on any atom is 0.234 e. The van der Waals surface area contributed by atoms with Gasteiger partial charge in [-0.3, -0.25) is 14.5 Å². The highest BCUT2D eigenvalue weighted by Crippen LogP contribution is 2.45. The minimum Gasteiger partial charge on any atom is -0.313 e. The van der Waals surface area contributed by atoms with E-state index in [0.29, 0.717) is 12.5 Å². The summed E-state index contributed by atoms with van der Waals surface area (Å²) in [6.07, 6.45) is 2.11. The molecule has 0 aromatic heterocycles. The molecule has 1 N–H and O–H groups in total. The summed E-state index contributed by atoms with van der Waals surface area (Å²) in [6, 6.07) is 9.98. The van der Waals surface area contributed by atoms with E-state index in [-0.39, 0.29) is 29.7 Å². The smallest absolute Gasteiger partial charge is 0.234 e. The Bertz CT molecular complexity index is 519. The van der Waals surface area contributed by atoms with Crippen LogP contribution in [0.5, 0.6) is 0 Å². The molecule has 1 saturated carbocycles. The fourth-order valence-corrected chi connectivity index (χ4v) is 4.13. The second kappa shape index (κ2) is 4.42. The molecule has 3 aliphatic heterocycles. The number of nitrogens with zero attached hydrogens (tertiary/aromatic N) is 1. The van der Waals surface area contributed by atoms with Gasteiger partial charge in [-0.15, -0.1) is 0 Å². The molecule has 2 bridgehead atoms. The Morgan fingerprint density at radius 3 is 2.45 bits per heavy atom. The molecule has 20 heavy (non-hydrogen) atoms. The summed E-state index contributed by atoms with van der Waals surface area (Å²) in [5.41, 5.74) is 1.02. The zero-order valence-electron chi connectivity index (χ0n) is 11.3. The number of amides is 2. The van der Waals surface area contributed by atoms with Crippen LogP contribution in [-0.2, 0) is 16.1 Å². The van der Waals surface area contributed by atoms with Gasteiger partial charge in [0.15, 0.2) is 0 Å². The maximum atomic E-state index is 12.6. The third-order valence-corrected chi connectivity index (χ3v) is 5.10. The highest BCUT2D eigenvalue weighted by Gasteiger charge is 2.57. The van der Waals surface area contributed by atoms with Gasteiger partial charge in [0.05, 0.1) is 18.4 Å². The molecule has 1 aromatic rings. The zero-order chi connectivity index (χ0) is 13.7. The molecule has 4 heteroatoms. The van der Waals surface area contributed by atoms with Gasteiger partial charge < -0.3 is 5.32 Å². The summed E-state index contributed by atoms with van der Waals surface area (Å²) in [5.74, 6) is 0.262. The van der Waals surface area contributed by atoms with Crippen LogP contribution >= 0.6 is 0 Å². The van der Waals surface area contributed by atoms with Crippen LogP contribution < -0.4 is 5.32 Å². The fourth-order valence-electron chi connectivity index (χ4n) is 4.13. The number of hydrogen-bond donors (Lipinski definition) is 1. The topological polar surface area (TPSA) is 49.4 Å². The summed E-state index contributed by atoms with van der Waals surface area (Å²) >= 11 is 0. The zero-order valence-corrected chi connectivity index (χ0v) is 11.3. The third-order valence-electron chi connectivity index (χ3n) is 5.10. The summed E-state index contributed by atoms with van der Waals surface area (Å²) < 4.78 is 0. The van der Waals surface area contributed by atoms with Crippen LogP contribution in [0.15, 0.2) is 30.3 Å². The van der Waals surface area contributed by atoms with E-state index < -0.39 is 0 Å². The number of carbonyl (C=O) groups excluding carboxylic acids is 2. The Kier molecular flexibility index (Phi) is 2.67. The van der Waals surface area contributed by atoms with Crippen molar-refractivity contribution in [2.24, 2.45) is 17.8 Å². The molecule has 3 heterocycles. The highest BCUT2D eigenvalue weighted by atomic mass is 16.2. The molecule has 3 saturated heterocycles. The number of nitrogens with one attached hydrogen (secondary N) is 1. The second-order valence-corrected chi connectivity index (χ2v) is 6.15. The molecule has 2 amide bonds. The third kappa shape index (κ3) is 1.64. The van der Waals surface area contributed by atoms with Crippen molar-refractivity contribution in [3.63, 3.8) is 0 Å². The summed E-state index contributed by atoms with van der Waals surface area (Å²) in [7, 11) is 0. The predicted molar refractivity (Wildman–Crippen MR) is 73.5 cm³/mol. The van der Waals surface area contributed by atoms with Crippen molar-refractivity contribution in [1.29, 1.82) is 0 Å². The lowest BCUT2D eigenvalue weighted by molar-refractivity contribution is -0.140. The summed E-state index contributed by atoms with van der Waals surface area (Å²) in [5, 5.41) is 3.43. The summed E-state index contributed by atoms with van der Waals surface area (Å²) in [4.78, 5) is 26.7. The van der Waals surface area contributed by atoms with Gasteiger partial charge in [-0.1, -0.05) is 30.3 Å². The first kappa shape index (κ1) is 12.1. The van der Waals surface area contributed by atoms with Crippen molar-refractivity contribution in [3.05, 3.63) is 35.9 Å².